The monoisotopic (exact) mass is 279 g/mol. The number of aliphatic hydroxyl groups excluding tert-OH is 2. The second-order valence-electron chi connectivity index (χ2n) is 5.35. The molecule has 0 amide bonds. The molecule has 0 spiro atoms. The van der Waals surface area contributed by atoms with Crippen molar-refractivity contribution in [3.05, 3.63) is 16.7 Å². The van der Waals surface area contributed by atoms with Crippen LogP contribution in [0.3, 0.4) is 0 Å². The molecule has 2 heterocycles. The van der Waals surface area contributed by atoms with E-state index in [0.29, 0.717) is 12.1 Å². The van der Waals surface area contributed by atoms with Gasteiger partial charge in [-0.05, 0) is 12.3 Å². The Balaban J connectivity index is 2.10. The molecule has 1 fully saturated rings. The lowest BCUT2D eigenvalue weighted by Gasteiger charge is -2.20. The predicted octanol–water partition coefficient (Wildman–Crippen LogP) is -0.748. The molecule has 0 bridgehead atoms. The lowest BCUT2D eigenvalue weighted by Crippen LogP contribution is -2.22. The largest absolute Gasteiger partial charge is 0.396 e. The molecule has 108 valence electrons. The van der Waals surface area contributed by atoms with Gasteiger partial charge in [0, 0.05) is 18.6 Å². The molecule has 0 aliphatic heterocycles. The number of hydrogen-bond acceptors (Lipinski definition) is 6. The van der Waals surface area contributed by atoms with E-state index in [9.17, 15) is 15.0 Å². The highest BCUT2D eigenvalue weighted by atomic mass is 16.3. The molecule has 2 aromatic rings. The number of hydrogen-bond donors (Lipinski definition) is 4. The van der Waals surface area contributed by atoms with Gasteiger partial charge >= 0.3 is 0 Å². The van der Waals surface area contributed by atoms with Gasteiger partial charge in [0.05, 0.1) is 12.4 Å². The molecular weight excluding hydrogens is 262 g/mol. The molecule has 1 unspecified atom stereocenters. The molecule has 1 saturated carbocycles. The normalized spacial score (nSPS) is 30.1. The number of nitrogens with two attached hydrogens (primary N) is 1. The fourth-order valence-electron chi connectivity index (χ4n) is 3.11. The second kappa shape index (κ2) is 4.57. The standard InChI is InChI=1S/C12H17N5O3/c1-5-6(3-18)8(19)2-7(5)17-4-14-9-10(17)15-12(13)16-11(9)20/h4-8,18-19H,2-3H2,1H3,(H3,13,15,16,20)/t5?,6-,7+,8+/m0/s1. The number of rotatable bonds is 2. The van der Waals surface area contributed by atoms with Gasteiger partial charge in [-0.15, -0.1) is 0 Å². The molecule has 20 heavy (non-hydrogen) atoms. The number of aromatic amines is 1. The third-order valence-electron chi connectivity index (χ3n) is 4.28. The van der Waals surface area contributed by atoms with E-state index in [1.165, 1.54) is 0 Å². The first-order chi connectivity index (χ1) is 9.52. The van der Waals surface area contributed by atoms with Crippen LogP contribution in [0.1, 0.15) is 19.4 Å². The first-order valence-corrected chi connectivity index (χ1v) is 6.54. The van der Waals surface area contributed by atoms with Crippen molar-refractivity contribution in [1.82, 2.24) is 19.5 Å². The maximum atomic E-state index is 11.8. The van der Waals surface area contributed by atoms with Crippen LogP contribution in [0.15, 0.2) is 11.1 Å². The molecule has 8 heteroatoms. The molecule has 2 aromatic heterocycles. The minimum Gasteiger partial charge on any atom is -0.396 e. The average molecular weight is 279 g/mol. The summed E-state index contributed by atoms with van der Waals surface area (Å²) in [5.41, 5.74) is 5.83. The van der Waals surface area contributed by atoms with Crippen LogP contribution in [-0.4, -0.2) is 42.4 Å². The molecule has 0 saturated heterocycles. The van der Waals surface area contributed by atoms with Gasteiger partial charge in [-0.1, -0.05) is 6.92 Å². The lowest BCUT2D eigenvalue weighted by molar-refractivity contribution is 0.0752. The highest BCUT2D eigenvalue weighted by molar-refractivity contribution is 5.70. The van der Waals surface area contributed by atoms with Crippen molar-refractivity contribution in [2.24, 2.45) is 11.8 Å². The van der Waals surface area contributed by atoms with Crippen molar-refractivity contribution in [2.45, 2.75) is 25.5 Å². The third-order valence-corrected chi connectivity index (χ3v) is 4.28. The minimum atomic E-state index is -0.572. The van der Waals surface area contributed by atoms with E-state index in [2.05, 4.69) is 15.0 Å². The molecule has 8 nitrogen and oxygen atoms in total. The van der Waals surface area contributed by atoms with Gasteiger partial charge in [0.2, 0.25) is 5.95 Å². The molecule has 3 rings (SSSR count). The number of nitrogens with zero attached hydrogens (tertiary/aromatic N) is 3. The number of aromatic nitrogens is 4. The predicted molar refractivity (Wildman–Crippen MR) is 72.0 cm³/mol. The lowest BCUT2D eigenvalue weighted by atomic mass is 9.95. The van der Waals surface area contributed by atoms with Gasteiger partial charge in [-0.25, -0.2) is 4.98 Å². The highest BCUT2D eigenvalue weighted by Gasteiger charge is 2.41. The zero-order chi connectivity index (χ0) is 14.4. The summed E-state index contributed by atoms with van der Waals surface area (Å²) in [5, 5.41) is 19.4. The Kier molecular flexibility index (Phi) is 2.98. The van der Waals surface area contributed by atoms with Crippen molar-refractivity contribution in [3.8, 4) is 0 Å². The summed E-state index contributed by atoms with van der Waals surface area (Å²) in [6, 6.07) is -0.0687. The van der Waals surface area contributed by atoms with E-state index in [1.54, 1.807) is 10.9 Å². The Hall–Kier alpha value is -1.93. The number of anilines is 1. The van der Waals surface area contributed by atoms with Gasteiger partial charge in [0.25, 0.3) is 5.56 Å². The summed E-state index contributed by atoms with van der Waals surface area (Å²) in [5.74, 6) is -0.0966. The highest BCUT2D eigenvalue weighted by Crippen LogP contribution is 2.40. The number of fused-ring (bicyclic) bond motifs is 1. The van der Waals surface area contributed by atoms with Gasteiger partial charge in [0.15, 0.2) is 11.2 Å². The number of aliphatic hydroxyl groups is 2. The third kappa shape index (κ3) is 1.80. The summed E-state index contributed by atoms with van der Waals surface area (Å²) >= 11 is 0. The molecule has 5 N–H and O–H groups in total. The number of imidazole rings is 1. The van der Waals surface area contributed by atoms with Gasteiger partial charge in [-0.2, -0.15) is 4.98 Å². The van der Waals surface area contributed by atoms with Crippen LogP contribution >= 0.6 is 0 Å². The van der Waals surface area contributed by atoms with E-state index in [0.717, 1.165) is 0 Å². The Morgan fingerprint density at radius 1 is 1.60 bits per heavy atom. The first kappa shape index (κ1) is 13.1. The molecule has 4 atom stereocenters. The van der Waals surface area contributed by atoms with Gasteiger partial charge < -0.3 is 20.5 Å². The van der Waals surface area contributed by atoms with E-state index in [4.69, 9.17) is 5.73 Å². The zero-order valence-corrected chi connectivity index (χ0v) is 11.0. The van der Waals surface area contributed by atoms with E-state index < -0.39 is 6.10 Å². The summed E-state index contributed by atoms with van der Waals surface area (Å²) in [7, 11) is 0. The summed E-state index contributed by atoms with van der Waals surface area (Å²) < 4.78 is 1.77. The summed E-state index contributed by atoms with van der Waals surface area (Å²) in [6.07, 6.45) is 1.46. The van der Waals surface area contributed by atoms with E-state index in [1.807, 2.05) is 6.92 Å². The Labute approximate surface area is 114 Å². The van der Waals surface area contributed by atoms with Crippen LogP contribution in [0, 0.1) is 11.8 Å². The Morgan fingerprint density at radius 3 is 3.00 bits per heavy atom. The Morgan fingerprint density at radius 2 is 2.35 bits per heavy atom. The summed E-state index contributed by atoms with van der Waals surface area (Å²) in [6.45, 7) is 1.89. The van der Waals surface area contributed by atoms with Crippen LogP contribution in [0.4, 0.5) is 5.95 Å². The average Bonchev–Trinajstić information content (AvgIpc) is 2.91. The summed E-state index contributed by atoms with van der Waals surface area (Å²) in [4.78, 5) is 22.4. The second-order valence-corrected chi connectivity index (χ2v) is 5.35. The molecule has 1 aliphatic carbocycles. The molecule has 1 aliphatic rings. The number of nitrogen functional groups attached to an aromatic ring is 1. The van der Waals surface area contributed by atoms with Crippen molar-refractivity contribution in [2.75, 3.05) is 12.3 Å². The van der Waals surface area contributed by atoms with Crippen molar-refractivity contribution >= 4 is 17.1 Å². The minimum absolute atomic E-state index is 0.0363. The van der Waals surface area contributed by atoms with Crippen LogP contribution < -0.4 is 11.3 Å². The van der Waals surface area contributed by atoms with E-state index in [-0.39, 0.29) is 41.5 Å². The quantitative estimate of drug-likeness (QED) is 0.572. The van der Waals surface area contributed by atoms with E-state index >= 15 is 0 Å². The zero-order valence-electron chi connectivity index (χ0n) is 11.0. The maximum absolute atomic E-state index is 11.8. The van der Waals surface area contributed by atoms with Crippen molar-refractivity contribution < 1.29 is 10.2 Å². The number of nitrogens with one attached hydrogen (secondary N) is 1. The van der Waals surface area contributed by atoms with Gasteiger partial charge in [0.1, 0.15) is 0 Å². The fraction of sp³-hybridized carbons (Fsp3) is 0.583. The first-order valence-electron chi connectivity index (χ1n) is 6.54. The van der Waals surface area contributed by atoms with Crippen LogP contribution in [-0.2, 0) is 0 Å². The van der Waals surface area contributed by atoms with Crippen LogP contribution in [0.25, 0.3) is 11.2 Å². The van der Waals surface area contributed by atoms with Crippen LogP contribution in [0.2, 0.25) is 0 Å². The van der Waals surface area contributed by atoms with Crippen molar-refractivity contribution in [3.63, 3.8) is 0 Å². The molecular formula is C12H17N5O3. The maximum Gasteiger partial charge on any atom is 0.280 e. The SMILES string of the molecule is CC1[C@H](n2cnc3c(=O)[nH]c(N)nc32)C[C@@H](O)[C@H]1CO. The molecule has 0 aromatic carbocycles. The fourth-order valence-corrected chi connectivity index (χ4v) is 3.11. The van der Waals surface area contributed by atoms with Crippen LogP contribution in [0.5, 0.6) is 0 Å². The Bertz CT molecular complexity index is 694. The molecule has 0 radical (unpaired) electrons. The van der Waals surface area contributed by atoms with Gasteiger partial charge in [-0.3, -0.25) is 9.78 Å². The smallest absolute Gasteiger partial charge is 0.280 e. The number of H-pyrrole nitrogens is 1. The topological polar surface area (TPSA) is 130 Å². The van der Waals surface area contributed by atoms with Crippen molar-refractivity contribution in [1.29, 1.82) is 0 Å².